The molecule has 0 spiro atoms. The molecule has 0 radical (unpaired) electrons. The number of ether oxygens (including phenoxy) is 6. The zero-order valence-electron chi connectivity index (χ0n) is 11.2. The molecule has 2 unspecified atom stereocenters. The molecule has 2 heterocycles. The zero-order valence-corrected chi connectivity index (χ0v) is 11.2. The molecular weight excluding hydrogens is 272 g/mol. The Bertz CT molecular complexity index is 312. The van der Waals surface area contributed by atoms with Gasteiger partial charge in [-0.1, -0.05) is 6.92 Å². The van der Waals surface area contributed by atoms with Gasteiger partial charge >= 0.3 is 12.3 Å². The third kappa shape index (κ3) is 4.86. The zero-order chi connectivity index (χ0) is 14.4. The molecule has 2 aliphatic heterocycles. The summed E-state index contributed by atoms with van der Waals surface area (Å²) in [7, 11) is 0. The standard InChI is InChI=1S/C12H18O8/c1-8(2-15-4-9-6-17-11(13)19-9)3-16-5-10-7-18-12(14)20-10/h8-10H,2-7H2,1H3. The first-order valence-electron chi connectivity index (χ1n) is 6.46. The Hall–Kier alpha value is -1.54. The molecule has 0 amide bonds. The molecule has 2 atom stereocenters. The van der Waals surface area contributed by atoms with Crippen molar-refractivity contribution < 1.29 is 38.0 Å². The maximum Gasteiger partial charge on any atom is 0.508 e. The van der Waals surface area contributed by atoms with Gasteiger partial charge in [-0.15, -0.1) is 0 Å². The lowest BCUT2D eigenvalue weighted by molar-refractivity contribution is -0.00470. The number of rotatable bonds is 8. The number of hydrogen-bond acceptors (Lipinski definition) is 8. The van der Waals surface area contributed by atoms with Crippen molar-refractivity contribution in [2.24, 2.45) is 5.92 Å². The van der Waals surface area contributed by atoms with Crippen molar-refractivity contribution in [1.29, 1.82) is 0 Å². The molecule has 2 saturated heterocycles. The van der Waals surface area contributed by atoms with E-state index in [-0.39, 0.29) is 31.3 Å². The Morgan fingerprint density at radius 3 is 1.80 bits per heavy atom. The molecule has 2 fully saturated rings. The van der Waals surface area contributed by atoms with Crippen molar-refractivity contribution in [3.05, 3.63) is 0 Å². The van der Waals surface area contributed by atoms with E-state index in [1.165, 1.54) is 0 Å². The number of carbonyl (C=O) groups is 2. The summed E-state index contributed by atoms with van der Waals surface area (Å²) in [5.41, 5.74) is 0. The second-order valence-corrected chi connectivity index (χ2v) is 4.78. The first kappa shape index (κ1) is 14.9. The van der Waals surface area contributed by atoms with Crippen LogP contribution < -0.4 is 0 Å². The van der Waals surface area contributed by atoms with E-state index in [2.05, 4.69) is 9.47 Å². The quantitative estimate of drug-likeness (QED) is 0.604. The molecule has 2 aliphatic rings. The maximum absolute atomic E-state index is 10.7. The van der Waals surface area contributed by atoms with Gasteiger partial charge in [0.05, 0.1) is 26.4 Å². The average molecular weight is 290 g/mol. The minimum atomic E-state index is -0.650. The van der Waals surface area contributed by atoms with Gasteiger partial charge in [-0.2, -0.15) is 0 Å². The number of cyclic esters (lactones) is 4. The van der Waals surface area contributed by atoms with E-state index in [9.17, 15) is 9.59 Å². The van der Waals surface area contributed by atoms with Gasteiger partial charge in [0.25, 0.3) is 0 Å². The molecule has 0 aliphatic carbocycles. The van der Waals surface area contributed by atoms with Crippen molar-refractivity contribution in [3.63, 3.8) is 0 Å². The van der Waals surface area contributed by atoms with Crippen LogP contribution in [0, 0.1) is 5.92 Å². The van der Waals surface area contributed by atoms with E-state index in [4.69, 9.17) is 18.9 Å². The molecule has 114 valence electrons. The highest BCUT2D eigenvalue weighted by atomic mass is 16.8. The molecule has 8 nitrogen and oxygen atoms in total. The van der Waals surface area contributed by atoms with Crippen LogP contribution in [0.2, 0.25) is 0 Å². The van der Waals surface area contributed by atoms with Gasteiger partial charge in [0, 0.05) is 5.92 Å². The molecule has 20 heavy (non-hydrogen) atoms. The van der Waals surface area contributed by atoms with Crippen LogP contribution in [0.1, 0.15) is 6.92 Å². The van der Waals surface area contributed by atoms with Gasteiger partial charge in [-0.3, -0.25) is 0 Å². The Morgan fingerprint density at radius 2 is 1.45 bits per heavy atom. The second kappa shape index (κ2) is 7.30. The second-order valence-electron chi connectivity index (χ2n) is 4.78. The van der Waals surface area contributed by atoms with Gasteiger partial charge in [0.15, 0.2) is 12.2 Å². The van der Waals surface area contributed by atoms with Crippen molar-refractivity contribution in [2.75, 3.05) is 39.6 Å². The van der Waals surface area contributed by atoms with E-state index in [0.717, 1.165) is 0 Å². The molecule has 8 heteroatoms. The van der Waals surface area contributed by atoms with Crippen LogP contribution in [0.3, 0.4) is 0 Å². The fourth-order valence-electron chi connectivity index (χ4n) is 1.74. The molecule has 0 aromatic heterocycles. The van der Waals surface area contributed by atoms with Crippen LogP contribution in [-0.2, 0) is 28.4 Å². The fraction of sp³-hybridized carbons (Fsp3) is 0.833. The summed E-state index contributed by atoms with van der Waals surface area (Å²) in [6, 6.07) is 0. The van der Waals surface area contributed by atoms with E-state index < -0.39 is 12.3 Å². The molecule has 0 aromatic carbocycles. The summed E-state index contributed by atoms with van der Waals surface area (Å²) < 4.78 is 29.8. The SMILES string of the molecule is CC(COCC1COC(=O)O1)COCC1COC(=O)O1. The number of hydrogen-bond donors (Lipinski definition) is 0. The van der Waals surface area contributed by atoms with E-state index in [0.29, 0.717) is 26.4 Å². The van der Waals surface area contributed by atoms with Crippen molar-refractivity contribution in [3.8, 4) is 0 Å². The Morgan fingerprint density at radius 1 is 1.00 bits per heavy atom. The Balaban J connectivity index is 1.47. The van der Waals surface area contributed by atoms with Crippen LogP contribution in [0.4, 0.5) is 9.59 Å². The summed E-state index contributed by atoms with van der Waals surface area (Å²) in [5, 5.41) is 0. The van der Waals surface area contributed by atoms with Gasteiger partial charge in [-0.25, -0.2) is 9.59 Å². The third-order valence-corrected chi connectivity index (χ3v) is 2.71. The highest BCUT2D eigenvalue weighted by Crippen LogP contribution is 2.09. The normalized spacial score (nSPS) is 26.6. The molecule has 0 aromatic rings. The highest BCUT2D eigenvalue weighted by Gasteiger charge is 2.26. The van der Waals surface area contributed by atoms with Gasteiger partial charge < -0.3 is 28.4 Å². The fourth-order valence-corrected chi connectivity index (χ4v) is 1.74. The van der Waals surface area contributed by atoms with Crippen LogP contribution >= 0.6 is 0 Å². The molecular formula is C12H18O8. The highest BCUT2D eigenvalue weighted by molar-refractivity contribution is 5.62. The lowest BCUT2D eigenvalue weighted by Crippen LogP contribution is -2.23. The van der Waals surface area contributed by atoms with Crippen molar-refractivity contribution in [2.45, 2.75) is 19.1 Å². The summed E-state index contributed by atoms with van der Waals surface area (Å²) in [4.78, 5) is 21.3. The first-order chi connectivity index (χ1) is 9.63. The minimum absolute atomic E-state index is 0.172. The topological polar surface area (TPSA) is 89.5 Å². The Labute approximate surface area is 116 Å². The van der Waals surface area contributed by atoms with Crippen LogP contribution in [0.25, 0.3) is 0 Å². The van der Waals surface area contributed by atoms with Gasteiger partial charge in [0.1, 0.15) is 13.2 Å². The van der Waals surface area contributed by atoms with E-state index >= 15 is 0 Å². The monoisotopic (exact) mass is 290 g/mol. The lowest BCUT2D eigenvalue weighted by atomic mass is 10.2. The number of carbonyl (C=O) groups excluding carboxylic acids is 2. The summed E-state index contributed by atoms with van der Waals surface area (Å²) >= 11 is 0. The molecule has 0 bridgehead atoms. The summed E-state index contributed by atoms with van der Waals surface area (Å²) in [6.45, 7) is 4.01. The largest absolute Gasteiger partial charge is 0.508 e. The lowest BCUT2D eigenvalue weighted by Gasteiger charge is -2.14. The smallest absolute Gasteiger partial charge is 0.430 e. The van der Waals surface area contributed by atoms with Crippen molar-refractivity contribution in [1.82, 2.24) is 0 Å². The maximum atomic E-state index is 10.7. The van der Waals surface area contributed by atoms with Gasteiger partial charge in [-0.05, 0) is 0 Å². The average Bonchev–Trinajstić information content (AvgIpc) is 2.99. The molecule has 2 rings (SSSR count). The van der Waals surface area contributed by atoms with Crippen molar-refractivity contribution >= 4 is 12.3 Å². The predicted molar refractivity (Wildman–Crippen MR) is 63.2 cm³/mol. The predicted octanol–water partition coefficient (Wildman–Crippen LogP) is 0.726. The Kier molecular flexibility index (Phi) is 5.42. The van der Waals surface area contributed by atoms with Crippen LogP contribution in [0.15, 0.2) is 0 Å². The van der Waals surface area contributed by atoms with E-state index in [1.54, 1.807) is 0 Å². The van der Waals surface area contributed by atoms with Crippen LogP contribution in [-0.4, -0.2) is 64.2 Å². The molecule has 0 N–H and O–H groups in total. The van der Waals surface area contributed by atoms with Crippen LogP contribution in [0.5, 0.6) is 0 Å². The van der Waals surface area contributed by atoms with Gasteiger partial charge in [0.2, 0.25) is 0 Å². The minimum Gasteiger partial charge on any atom is -0.430 e. The summed E-state index contributed by atoms with van der Waals surface area (Å²) in [5.74, 6) is 0.172. The third-order valence-electron chi connectivity index (χ3n) is 2.71. The van der Waals surface area contributed by atoms with E-state index in [1.807, 2.05) is 6.92 Å². The molecule has 0 saturated carbocycles. The summed E-state index contributed by atoms with van der Waals surface area (Å²) in [6.07, 6.45) is -1.96. The first-order valence-corrected chi connectivity index (χ1v) is 6.46.